The average molecular weight is 336 g/mol. The third-order valence-corrected chi connectivity index (χ3v) is 5.00. The Hall–Kier alpha value is -1.93. The standard InChI is InChI=1S/C15H24N4O3Si/c1-11(20)16-15-17-13-12(14(18-15)21-2)6-7-19(13)10-22-8-9-23(3,4)5/h6-7H,8-10H2,1-5H3,(H,16,17,18,20). The summed E-state index contributed by atoms with van der Waals surface area (Å²) in [5.41, 5.74) is 0.675. The van der Waals surface area contributed by atoms with Gasteiger partial charge in [-0.15, -0.1) is 0 Å². The highest BCUT2D eigenvalue weighted by molar-refractivity contribution is 6.76. The van der Waals surface area contributed by atoms with E-state index in [2.05, 4.69) is 34.9 Å². The van der Waals surface area contributed by atoms with Gasteiger partial charge in [-0.1, -0.05) is 19.6 Å². The topological polar surface area (TPSA) is 78.3 Å². The van der Waals surface area contributed by atoms with Crippen LogP contribution in [0.15, 0.2) is 12.3 Å². The van der Waals surface area contributed by atoms with Crippen LogP contribution in [0.5, 0.6) is 5.88 Å². The molecule has 1 N–H and O–H groups in total. The normalized spacial score (nSPS) is 11.7. The van der Waals surface area contributed by atoms with Gasteiger partial charge in [0.05, 0.1) is 12.5 Å². The van der Waals surface area contributed by atoms with Gasteiger partial charge in [-0.2, -0.15) is 9.97 Å². The first kappa shape index (κ1) is 17.4. The van der Waals surface area contributed by atoms with Gasteiger partial charge in [-0.3, -0.25) is 10.1 Å². The van der Waals surface area contributed by atoms with E-state index < -0.39 is 8.07 Å². The van der Waals surface area contributed by atoms with E-state index in [1.165, 1.54) is 6.92 Å². The molecule has 8 heteroatoms. The Kier molecular flexibility index (Phi) is 5.37. The highest BCUT2D eigenvalue weighted by Gasteiger charge is 2.14. The number of rotatable bonds is 7. The molecule has 0 radical (unpaired) electrons. The summed E-state index contributed by atoms with van der Waals surface area (Å²) < 4.78 is 12.9. The van der Waals surface area contributed by atoms with Crippen LogP contribution in [0.25, 0.3) is 11.0 Å². The molecule has 2 rings (SSSR count). The molecule has 0 aliphatic heterocycles. The molecular weight excluding hydrogens is 312 g/mol. The van der Waals surface area contributed by atoms with E-state index in [-0.39, 0.29) is 11.9 Å². The first-order valence-corrected chi connectivity index (χ1v) is 11.3. The van der Waals surface area contributed by atoms with Crippen molar-refractivity contribution in [1.29, 1.82) is 0 Å². The molecule has 0 spiro atoms. The number of fused-ring (bicyclic) bond motifs is 1. The lowest BCUT2D eigenvalue weighted by molar-refractivity contribution is -0.114. The fourth-order valence-corrected chi connectivity index (χ4v) is 2.81. The van der Waals surface area contributed by atoms with Crippen molar-refractivity contribution >= 4 is 31.0 Å². The Morgan fingerprint density at radius 3 is 2.70 bits per heavy atom. The van der Waals surface area contributed by atoms with Crippen molar-refractivity contribution in [2.45, 2.75) is 39.3 Å². The lowest BCUT2D eigenvalue weighted by Crippen LogP contribution is -2.22. The number of nitrogens with zero attached hydrogens (tertiary/aromatic N) is 3. The van der Waals surface area contributed by atoms with E-state index in [4.69, 9.17) is 9.47 Å². The van der Waals surface area contributed by atoms with Crippen molar-refractivity contribution in [2.24, 2.45) is 0 Å². The molecule has 0 bridgehead atoms. The zero-order chi connectivity index (χ0) is 17.0. The smallest absolute Gasteiger partial charge is 0.234 e. The second kappa shape index (κ2) is 7.09. The zero-order valence-corrected chi connectivity index (χ0v) is 15.3. The predicted molar refractivity (Wildman–Crippen MR) is 92.5 cm³/mol. The minimum absolute atomic E-state index is 0.226. The molecule has 2 aromatic heterocycles. The fourth-order valence-electron chi connectivity index (χ4n) is 2.05. The van der Waals surface area contributed by atoms with Crippen LogP contribution in [-0.2, 0) is 16.3 Å². The largest absolute Gasteiger partial charge is 0.480 e. The Morgan fingerprint density at radius 2 is 2.09 bits per heavy atom. The van der Waals surface area contributed by atoms with Crippen LogP contribution >= 0.6 is 0 Å². The predicted octanol–water partition coefficient (Wildman–Crippen LogP) is 2.71. The second-order valence-corrected chi connectivity index (χ2v) is 12.2. The Bertz CT molecular complexity index is 694. The summed E-state index contributed by atoms with van der Waals surface area (Å²) >= 11 is 0. The summed E-state index contributed by atoms with van der Waals surface area (Å²) in [6.07, 6.45) is 1.88. The van der Waals surface area contributed by atoms with E-state index in [0.717, 1.165) is 18.0 Å². The maximum absolute atomic E-state index is 11.2. The number of anilines is 1. The Balaban J connectivity index is 2.18. The van der Waals surface area contributed by atoms with Gasteiger partial charge in [-0.05, 0) is 12.1 Å². The molecular formula is C15H24N4O3Si. The van der Waals surface area contributed by atoms with E-state index in [9.17, 15) is 4.79 Å². The molecule has 0 atom stereocenters. The molecule has 7 nitrogen and oxygen atoms in total. The number of hydrogen-bond donors (Lipinski definition) is 1. The third kappa shape index (κ3) is 4.77. The zero-order valence-electron chi connectivity index (χ0n) is 14.3. The number of hydrogen-bond acceptors (Lipinski definition) is 5. The van der Waals surface area contributed by atoms with Gasteiger partial charge >= 0.3 is 0 Å². The van der Waals surface area contributed by atoms with E-state index in [1.54, 1.807) is 7.11 Å². The number of carbonyl (C=O) groups excluding carboxylic acids is 1. The molecule has 23 heavy (non-hydrogen) atoms. The number of ether oxygens (including phenoxy) is 2. The van der Waals surface area contributed by atoms with E-state index in [0.29, 0.717) is 18.3 Å². The molecule has 0 aromatic carbocycles. The molecule has 0 fully saturated rings. The summed E-state index contributed by atoms with van der Waals surface area (Å²) in [7, 11) is 0.440. The molecule has 1 amide bonds. The SMILES string of the molecule is COc1nc(NC(C)=O)nc2c1ccn2COCC[Si](C)(C)C. The molecule has 126 valence electrons. The summed E-state index contributed by atoms with van der Waals surface area (Å²) in [6, 6.07) is 3.00. The van der Waals surface area contributed by atoms with Crippen LogP contribution in [0.1, 0.15) is 6.92 Å². The quantitative estimate of drug-likeness (QED) is 0.621. The van der Waals surface area contributed by atoms with Crippen LogP contribution in [-0.4, -0.2) is 42.2 Å². The number of methoxy groups -OCH3 is 1. The minimum Gasteiger partial charge on any atom is -0.480 e. The van der Waals surface area contributed by atoms with E-state index in [1.807, 2.05) is 16.8 Å². The lowest BCUT2D eigenvalue weighted by atomic mass is 10.4. The summed E-state index contributed by atoms with van der Waals surface area (Å²) in [4.78, 5) is 19.8. The summed E-state index contributed by atoms with van der Waals surface area (Å²) in [6.45, 7) is 9.51. The number of carbonyl (C=O) groups is 1. The van der Waals surface area contributed by atoms with Gasteiger partial charge in [0.15, 0.2) is 5.65 Å². The van der Waals surface area contributed by atoms with Crippen molar-refractivity contribution < 1.29 is 14.3 Å². The highest BCUT2D eigenvalue weighted by Crippen LogP contribution is 2.25. The fraction of sp³-hybridized carbons (Fsp3) is 0.533. The molecule has 0 aliphatic rings. The van der Waals surface area contributed by atoms with Crippen molar-refractivity contribution in [3.63, 3.8) is 0 Å². The van der Waals surface area contributed by atoms with Crippen LogP contribution in [0.4, 0.5) is 5.95 Å². The molecule has 0 saturated carbocycles. The number of amides is 1. The molecule has 0 aliphatic carbocycles. The van der Waals surface area contributed by atoms with Crippen LogP contribution in [0.3, 0.4) is 0 Å². The van der Waals surface area contributed by atoms with Crippen LogP contribution in [0, 0.1) is 0 Å². The molecule has 2 aromatic rings. The maximum atomic E-state index is 11.2. The van der Waals surface area contributed by atoms with Gasteiger partial charge in [0.25, 0.3) is 0 Å². The molecule has 0 saturated heterocycles. The average Bonchev–Trinajstić information content (AvgIpc) is 2.84. The first-order valence-electron chi connectivity index (χ1n) is 7.56. The summed E-state index contributed by atoms with van der Waals surface area (Å²) in [5.74, 6) is 0.430. The Labute approximate surface area is 137 Å². The molecule has 2 heterocycles. The molecule has 0 unspecified atom stereocenters. The monoisotopic (exact) mass is 336 g/mol. The Morgan fingerprint density at radius 1 is 1.35 bits per heavy atom. The maximum Gasteiger partial charge on any atom is 0.234 e. The third-order valence-electron chi connectivity index (χ3n) is 3.29. The van der Waals surface area contributed by atoms with E-state index >= 15 is 0 Å². The van der Waals surface area contributed by atoms with Crippen molar-refractivity contribution in [3.8, 4) is 5.88 Å². The highest BCUT2D eigenvalue weighted by atomic mass is 28.3. The van der Waals surface area contributed by atoms with Crippen molar-refractivity contribution in [3.05, 3.63) is 12.3 Å². The lowest BCUT2D eigenvalue weighted by Gasteiger charge is -2.15. The second-order valence-electron chi connectivity index (χ2n) is 6.61. The number of nitrogens with one attached hydrogen (secondary N) is 1. The van der Waals surface area contributed by atoms with Crippen LogP contribution < -0.4 is 10.1 Å². The van der Waals surface area contributed by atoms with Crippen molar-refractivity contribution in [1.82, 2.24) is 14.5 Å². The van der Waals surface area contributed by atoms with Gasteiger partial charge < -0.3 is 14.0 Å². The number of aromatic nitrogens is 3. The van der Waals surface area contributed by atoms with Gasteiger partial charge in [-0.25, -0.2) is 0 Å². The van der Waals surface area contributed by atoms with Gasteiger partial charge in [0, 0.05) is 27.8 Å². The van der Waals surface area contributed by atoms with Crippen LogP contribution in [0.2, 0.25) is 25.7 Å². The first-order chi connectivity index (χ1) is 10.8. The van der Waals surface area contributed by atoms with Gasteiger partial charge in [0.1, 0.15) is 6.73 Å². The summed E-state index contributed by atoms with van der Waals surface area (Å²) in [5, 5.41) is 3.37. The van der Waals surface area contributed by atoms with Gasteiger partial charge in [0.2, 0.25) is 17.7 Å². The minimum atomic E-state index is -1.10. The van der Waals surface area contributed by atoms with Crippen molar-refractivity contribution in [2.75, 3.05) is 19.0 Å².